The van der Waals surface area contributed by atoms with Crippen LogP contribution in [0.4, 0.5) is 15.8 Å². The highest BCUT2D eigenvalue weighted by Gasteiger charge is 2.52. The van der Waals surface area contributed by atoms with E-state index in [4.69, 9.17) is 14.2 Å². The van der Waals surface area contributed by atoms with Gasteiger partial charge in [0.15, 0.2) is 11.6 Å². The van der Waals surface area contributed by atoms with E-state index in [0.717, 1.165) is 24.1 Å². The Morgan fingerprint density at radius 2 is 2.11 bits per heavy atom. The zero-order chi connectivity index (χ0) is 25.1. The van der Waals surface area contributed by atoms with Gasteiger partial charge in [0.05, 0.1) is 48.6 Å². The monoisotopic (exact) mass is 492 g/mol. The molecule has 0 radical (unpaired) electrons. The number of methoxy groups -OCH3 is 1. The molecule has 1 saturated heterocycles. The fraction of sp³-hybridized carbons (Fsp3) is 0.407. The summed E-state index contributed by atoms with van der Waals surface area (Å²) in [6.45, 7) is 5.98. The third-order valence-electron chi connectivity index (χ3n) is 7.60. The summed E-state index contributed by atoms with van der Waals surface area (Å²) >= 11 is 0. The van der Waals surface area contributed by atoms with Gasteiger partial charge in [-0.3, -0.25) is 9.78 Å². The molecular formula is C27H29FN4O4. The number of hydrogen-bond acceptors (Lipinski definition) is 6. The number of hydrogen-bond donors (Lipinski definition) is 3. The average Bonchev–Trinajstić information content (AvgIpc) is 3.54. The third-order valence-corrected chi connectivity index (χ3v) is 7.60. The topological polar surface area (TPSA) is 97.5 Å². The number of ether oxygens (including phenoxy) is 3. The van der Waals surface area contributed by atoms with Gasteiger partial charge in [-0.15, -0.1) is 0 Å². The molecule has 36 heavy (non-hydrogen) atoms. The Bertz CT molecular complexity index is 1350. The maximum Gasteiger partial charge on any atom is 0.255 e. The van der Waals surface area contributed by atoms with Gasteiger partial charge in [-0.25, -0.2) is 4.39 Å². The molecular weight excluding hydrogens is 463 g/mol. The number of nitrogens with zero attached hydrogens (tertiary/aromatic N) is 1. The number of nitrogens with one attached hydrogen (secondary N) is 3. The minimum Gasteiger partial charge on any atom is -0.492 e. The lowest BCUT2D eigenvalue weighted by molar-refractivity contribution is -0.180. The number of amides is 1. The molecule has 6 rings (SSSR count). The Kier molecular flexibility index (Phi) is 5.22. The normalized spacial score (nSPS) is 20.8. The molecule has 1 aliphatic carbocycles. The van der Waals surface area contributed by atoms with Crippen LogP contribution in [0.1, 0.15) is 42.7 Å². The summed E-state index contributed by atoms with van der Waals surface area (Å²) in [6, 6.07) is 6.51. The molecule has 1 saturated carbocycles. The van der Waals surface area contributed by atoms with Gasteiger partial charge in [0.1, 0.15) is 12.4 Å². The van der Waals surface area contributed by atoms with Crippen molar-refractivity contribution in [1.29, 1.82) is 0 Å². The number of carbonyl (C=O) groups is 1. The number of carbonyl (C=O) groups excluding carboxylic acids is 1. The Labute approximate surface area is 208 Å². The highest BCUT2D eigenvalue weighted by atomic mass is 19.1. The summed E-state index contributed by atoms with van der Waals surface area (Å²) in [5.41, 5.74) is 3.77. The van der Waals surface area contributed by atoms with Gasteiger partial charge >= 0.3 is 0 Å². The molecule has 1 aromatic carbocycles. The van der Waals surface area contributed by atoms with Gasteiger partial charge in [0.2, 0.25) is 0 Å². The van der Waals surface area contributed by atoms with Gasteiger partial charge in [-0.05, 0) is 31.0 Å². The molecule has 9 heteroatoms. The van der Waals surface area contributed by atoms with Gasteiger partial charge < -0.3 is 29.8 Å². The van der Waals surface area contributed by atoms with Crippen LogP contribution in [0.25, 0.3) is 11.3 Å². The lowest BCUT2D eigenvalue weighted by atomic mass is 9.83. The number of aromatic amines is 1. The summed E-state index contributed by atoms with van der Waals surface area (Å²) < 4.78 is 31.7. The van der Waals surface area contributed by atoms with Crippen molar-refractivity contribution in [2.24, 2.45) is 5.41 Å². The molecule has 4 heterocycles. The zero-order valence-corrected chi connectivity index (χ0v) is 20.5. The molecule has 1 amide bonds. The van der Waals surface area contributed by atoms with Crippen molar-refractivity contribution >= 4 is 17.3 Å². The predicted octanol–water partition coefficient (Wildman–Crippen LogP) is 4.55. The lowest BCUT2D eigenvalue weighted by Crippen LogP contribution is -2.50. The molecule has 0 unspecified atom stereocenters. The molecule has 3 aliphatic rings. The second-order valence-corrected chi connectivity index (χ2v) is 10.5. The van der Waals surface area contributed by atoms with E-state index < -0.39 is 5.82 Å². The fourth-order valence-electron chi connectivity index (χ4n) is 5.08. The quantitative estimate of drug-likeness (QED) is 0.448. The Morgan fingerprint density at radius 3 is 2.81 bits per heavy atom. The van der Waals surface area contributed by atoms with Crippen molar-refractivity contribution in [2.45, 2.75) is 38.2 Å². The van der Waals surface area contributed by atoms with Crippen LogP contribution in [-0.4, -0.2) is 48.8 Å². The minimum absolute atomic E-state index is 0.0166. The molecule has 3 aromatic rings. The molecule has 2 fully saturated rings. The Morgan fingerprint density at radius 1 is 1.28 bits per heavy atom. The minimum atomic E-state index is -0.493. The fourth-order valence-corrected chi connectivity index (χ4v) is 5.08. The van der Waals surface area contributed by atoms with Gasteiger partial charge in [-0.1, -0.05) is 19.9 Å². The number of halogens is 1. The molecule has 0 bridgehead atoms. The number of pyridine rings is 1. The number of aromatic nitrogens is 2. The first kappa shape index (κ1) is 22.8. The molecule has 2 aromatic heterocycles. The van der Waals surface area contributed by atoms with Crippen LogP contribution in [0, 0.1) is 11.2 Å². The predicted molar refractivity (Wildman–Crippen MR) is 133 cm³/mol. The highest BCUT2D eigenvalue weighted by molar-refractivity contribution is 6.07. The van der Waals surface area contributed by atoms with Crippen molar-refractivity contribution < 1.29 is 23.4 Å². The van der Waals surface area contributed by atoms with E-state index in [9.17, 15) is 9.18 Å². The Balaban J connectivity index is 1.46. The SMILES string of the molecule is COc1c(F)cccc1Nc1c(-c2ccncc2OC[C@H]2OCC2(C)C)[nH]c2c1C(=O)NCC21CC1. The van der Waals surface area contributed by atoms with Crippen molar-refractivity contribution in [2.75, 3.05) is 32.2 Å². The number of para-hydroxylation sites is 1. The van der Waals surface area contributed by atoms with E-state index in [0.29, 0.717) is 48.1 Å². The van der Waals surface area contributed by atoms with Crippen LogP contribution in [0.5, 0.6) is 11.5 Å². The van der Waals surface area contributed by atoms with Crippen LogP contribution in [0.3, 0.4) is 0 Å². The summed E-state index contributed by atoms with van der Waals surface area (Å²) in [5.74, 6) is -0.0233. The smallest absolute Gasteiger partial charge is 0.255 e. The maximum atomic E-state index is 14.5. The zero-order valence-electron chi connectivity index (χ0n) is 20.5. The molecule has 2 aliphatic heterocycles. The van der Waals surface area contributed by atoms with E-state index in [1.165, 1.54) is 13.2 Å². The number of benzene rings is 1. The van der Waals surface area contributed by atoms with E-state index in [1.54, 1.807) is 24.5 Å². The van der Waals surface area contributed by atoms with E-state index in [-0.39, 0.29) is 28.6 Å². The summed E-state index contributed by atoms with van der Waals surface area (Å²) in [6.07, 6.45) is 5.30. The summed E-state index contributed by atoms with van der Waals surface area (Å²) in [4.78, 5) is 21.0. The molecule has 8 nitrogen and oxygen atoms in total. The van der Waals surface area contributed by atoms with Crippen molar-refractivity contribution in [3.05, 3.63) is 53.7 Å². The average molecular weight is 493 g/mol. The summed E-state index contributed by atoms with van der Waals surface area (Å²) in [5, 5.41) is 6.34. The van der Waals surface area contributed by atoms with Crippen LogP contribution in [0.2, 0.25) is 0 Å². The van der Waals surface area contributed by atoms with Gasteiger partial charge in [0, 0.05) is 34.8 Å². The first-order chi connectivity index (χ1) is 17.3. The number of anilines is 2. The second kappa shape index (κ2) is 8.23. The molecule has 1 atom stereocenters. The van der Waals surface area contributed by atoms with Crippen molar-refractivity contribution in [3.8, 4) is 22.8 Å². The van der Waals surface area contributed by atoms with Crippen LogP contribution in [-0.2, 0) is 10.2 Å². The van der Waals surface area contributed by atoms with Crippen LogP contribution in [0.15, 0.2) is 36.7 Å². The largest absolute Gasteiger partial charge is 0.492 e. The van der Waals surface area contributed by atoms with E-state index >= 15 is 0 Å². The molecule has 1 spiro atoms. The van der Waals surface area contributed by atoms with Gasteiger partial charge in [-0.2, -0.15) is 0 Å². The van der Waals surface area contributed by atoms with Crippen molar-refractivity contribution in [1.82, 2.24) is 15.3 Å². The van der Waals surface area contributed by atoms with Gasteiger partial charge in [0.25, 0.3) is 5.91 Å². The Hall–Kier alpha value is -3.59. The third kappa shape index (κ3) is 3.61. The standard InChI is InChI=1S/C27H29FN4O4/c1-26(2)14-36-19(26)12-35-18-11-29-10-7-15(18)21-22(31-17-6-4-5-16(28)23(17)34-3)20-24(32-21)27(8-9-27)13-30-25(20)33/h4-7,10-11,19,31-32H,8-9,12-14H2,1-3H3,(H,30,33)/t19-/m1/s1. The number of fused-ring (bicyclic) bond motifs is 2. The van der Waals surface area contributed by atoms with Crippen LogP contribution < -0.4 is 20.1 Å². The highest BCUT2D eigenvalue weighted by Crippen LogP contribution is 2.54. The molecule has 188 valence electrons. The first-order valence-electron chi connectivity index (χ1n) is 12.2. The summed E-state index contributed by atoms with van der Waals surface area (Å²) in [7, 11) is 1.42. The molecule has 3 N–H and O–H groups in total. The number of rotatable bonds is 7. The maximum absolute atomic E-state index is 14.5. The van der Waals surface area contributed by atoms with Crippen LogP contribution >= 0.6 is 0 Å². The first-order valence-corrected chi connectivity index (χ1v) is 12.2. The second-order valence-electron chi connectivity index (χ2n) is 10.5. The van der Waals surface area contributed by atoms with E-state index in [2.05, 4.69) is 34.4 Å². The van der Waals surface area contributed by atoms with Crippen molar-refractivity contribution in [3.63, 3.8) is 0 Å². The lowest BCUT2D eigenvalue weighted by Gasteiger charge is -2.43. The number of H-pyrrole nitrogens is 1. The van der Waals surface area contributed by atoms with E-state index in [1.807, 2.05) is 6.07 Å².